The number of halogens is 1. The van der Waals surface area contributed by atoms with Gasteiger partial charge in [0.05, 0.1) is 22.9 Å². The number of carbonyl (C=O) groups excluding carboxylic acids is 1. The van der Waals surface area contributed by atoms with Gasteiger partial charge in [0.15, 0.2) is 18.5 Å². The van der Waals surface area contributed by atoms with Crippen molar-refractivity contribution in [2.45, 2.75) is 89.0 Å². The lowest BCUT2D eigenvalue weighted by molar-refractivity contribution is -0.118. The molecule has 3 aromatic heterocycles. The van der Waals surface area contributed by atoms with Crippen molar-refractivity contribution in [3.05, 3.63) is 53.4 Å². The zero-order chi connectivity index (χ0) is 25.9. The highest BCUT2D eigenvalue weighted by atomic mass is 32.1. The number of thiazole rings is 1. The molecule has 1 aliphatic carbocycles. The molecule has 10 heteroatoms. The molecule has 1 aromatic carbocycles. The van der Waals surface area contributed by atoms with Gasteiger partial charge in [-0.15, -0.1) is 11.3 Å². The van der Waals surface area contributed by atoms with E-state index < -0.39 is 6.04 Å². The molecular formula is C28H33BFN6OS. The molecule has 1 atom stereocenters. The second-order valence-corrected chi connectivity index (χ2v) is 11.5. The fraction of sp³-hybridized carbons (Fsp3) is 0.500. The van der Waals surface area contributed by atoms with Crippen molar-refractivity contribution in [2.75, 3.05) is 5.32 Å². The molecule has 4 heterocycles. The molecule has 2 aliphatic rings. The minimum Gasteiger partial charge on any atom is -0.334 e. The largest absolute Gasteiger partial charge is 0.334 e. The minimum absolute atomic E-state index is 0.283. The van der Waals surface area contributed by atoms with E-state index in [4.69, 9.17) is 5.10 Å². The van der Waals surface area contributed by atoms with Gasteiger partial charge in [-0.2, -0.15) is 5.10 Å². The molecule has 6 rings (SSSR count). The third kappa shape index (κ3) is 5.41. The average molecular weight is 531 g/mol. The summed E-state index contributed by atoms with van der Waals surface area (Å²) >= 11 is 1.36. The Balaban J connectivity index is 1.30. The summed E-state index contributed by atoms with van der Waals surface area (Å²) in [6.45, 7) is 0.888. The number of imidazole rings is 1. The monoisotopic (exact) mass is 531 g/mol. The van der Waals surface area contributed by atoms with E-state index in [-0.39, 0.29) is 11.7 Å². The predicted octanol–water partition coefficient (Wildman–Crippen LogP) is 5.65. The second-order valence-electron chi connectivity index (χ2n) is 10.6. The Morgan fingerprint density at radius 2 is 1.87 bits per heavy atom. The normalized spacial score (nSPS) is 17.8. The molecule has 1 radical (unpaired) electrons. The van der Waals surface area contributed by atoms with Crippen molar-refractivity contribution in [3.8, 4) is 0 Å². The summed E-state index contributed by atoms with van der Waals surface area (Å²) in [6, 6.07) is 2.76. The molecule has 38 heavy (non-hydrogen) atoms. The molecule has 197 valence electrons. The topological polar surface area (TPSA) is 77.6 Å². The molecular weight excluding hydrogens is 498 g/mol. The van der Waals surface area contributed by atoms with Crippen molar-refractivity contribution in [2.24, 2.45) is 0 Å². The summed E-state index contributed by atoms with van der Waals surface area (Å²) < 4.78 is 19.1. The van der Waals surface area contributed by atoms with Crippen LogP contribution >= 0.6 is 11.3 Å². The number of carbonyl (C=O) groups is 1. The van der Waals surface area contributed by atoms with E-state index in [9.17, 15) is 4.79 Å². The zero-order valence-corrected chi connectivity index (χ0v) is 22.4. The molecule has 1 fully saturated rings. The summed E-state index contributed by atoms with van der Waals surface area (Å²) in [5, 5.41) is 10.4. The number of nitrogens with zero attached hydrogens (tertiary/aromatic N) is 5. The van der Waals surface area contributed by atoms with Crippen LogP contribution in [0.25, 0.3) is 10.9 Å². The molecule has 1 N–H and O–H groups in total. The first kappa shape index (κ1) is 25.3. The van der Waals surface area contributed by atoms with Crippen LogP contribution in [-0.2, 0) is 17.8 Å². The van der Waals surface area contributed by atoms with E-state index in [1.54, 1.807) is 29.5 Å². The first-order valence-electron chi connectivity index (χ1n) is 13.9. The molecule has 4 aromatic rings. The summed E-state index contributed by atoms with van der Waals surface area (Å²) in [6.07, 6.45) is 18.3. The number of benzene rings is 1. The number of fused-ring (bicyclic) bond motifs is 2. The van der Waals surface area contributed by atoms with Crippen LogP contribution in [0.1, 0.15) is 81.6 Å². The molecule has 7 nitrogen and oxygen atoms in total. The van der Waals surface area contributed by atoms with Crippen molar-refractivity contribution in [1.82, 2.24) is 24.3 Å². The van der Waals surface area contributed by atoms with Gasteiger partial charge in [-0.25, -0.2) is 14.4 Å². The SMILES string of the molecule is O=C(Nc1nccs1)C(c1ncn2c1CCC2)n1cc2c(F)cc([B]C3CCCCCCCCC3)cc2n1. The molecule has 1 unspecified atom stereocenters. The first-order chi connectivity index (χ1) is 18.7. The Morgan fingerprint density at radius 1 is 1.08 bits per heavy atom. The fourth-order valence-corrected chi connectivity index (χ4v) is 6.52. The van der Waals surface area contributed by atoms with E-state index >= 15 is 4.39 Å². The highest BCUT2D eigenvalue weighted by Gasteiger charge is 2.32. The van der Waals surface area contributed by atoms with Crippen LogP contribution in [0.15, 0.2) is 36.2 Å². The third-order valence-electron chi connectivity index (χ3n) is 7.92. The van der Waals surface area contributed by atoms with Crippen molar-refractivity contribution < 1.29 is 9.18 Å². The van der Waals surface area contributed by atoms with Crippen molar-refractivity contribution in [1.29, 1.82) is 0 Å². The van der Waals surface area contributed by atoms with Crippen LogP contribution in [-0.4, -0.2) is 37.5 Å². The van der Waals surface area contributed by atoms with Crippen LogP contribution in [0.4, 0.5) is 9.52 Å². The lowest BCUT2D eigenvalue weighted by Crippen LogP contribution is -2.28. The van der Waals surface area contributed by atoms with Gasteiger partial charge in [-0.3, -0.25) is 14.8 Å². The minimum atomic E-state index is -0.814. The van der Waals surface area contributed by atoms with E-state index in [0.29, 0.717) is 27.5 Å². The van der Waals surface area contributed by atoms with Gasteiger partial charge < -0.3 is 4.57 Å². The van der Waals surface area contributed by atoms with Gasteiger partial charge in [0.25, 0.3) is 5.91 Å². The molecule has 0 saturated heterocycles. The molecule has 1 saturated carbocycles. The standard InChI is InChI=1S/C28H33BFN6OS/c30-22-15-20(29-19-9-6-4-2-1-3-5-7-10-19)16-23-21(22)17-36(34-23)26(27(37)33-28-31-12-14-38-28)25-24-11-8-13-35(24)18-32-25/h12,14-19,26H,1-11,13H2,(H,31,33,37). The van der Waals surface area contributed by atoms with Crippen LogP contribution < -0.4 is 10.8 Å². The summed E-state index contributed by atoms with van der Waals surface area (Å²) in [4.78, 5) is 22.4. The Hall–Kier alpha value is -3.01. The Labute approximate surface area is 227 Å². The van der Waals surface area contributed by atoms with Gasteiger partial charge >= 0.3 is 0 Å². The lowest BCUT2D eigenvalue weighted by atomic mass is 9.56. The highest BCUT2D eigenvalue weighted by molar-refractivity contribution is 7.13. The maximum Gasteiger partial charge on any atom is 0.257 e. The van der Waals surface area contributed by atoms with Gasteiger partial charge in [0.2, 0.25) is 0 Å². The Bertz CT molecular complexity index is 1390. The molecule has 1 amide bonds. The fourth-order valence-electron chi connectivity index (χ4n) is 5.99. The highest BCUT2D eigenvalue weighted by Crippen LogP contribution is 2.30. The number of aromatic nitrogens is 5. The van der Waals surface area contributed by atoms with Crippen LogP contribution in [0.3, 0.4) is 0 Å². The zero-order valence-electron chi connectivity index (χ0n) is 21.6. The van der Waals surface area contributed by atoms with E-state index in [2.05, 4.69) is 27.1 Å². The number of rotatable bonds is 6. The number of anilines is 1. The summed E-state index contributed by atoms with van der Waals surface area (Å²) in [7, 11) is 2.23. The summed E-state index contributed by atoms with van der Waals surface area (Å²) in [5.74, 6) is -0.138. The molecule has 0 spiro atoms. The first-order valence-corrected chi connectivity index (χ1v) is 14.8. The number of hydrogen-bond donors (Lipinski definition) is 1. The lowest BCUT2D eigenvalue weighted by Gasteiger charge is -2.18. The predicted molar refractivity (Wildman–Crippen MR) is 150 cm³/mol. The maximum atomic E-state index is 15.4. The third-order valence-corrected chi connectivity index (χ3v) is 8.61. The van der Waals surface area contributed by atoms with E-state index in [1.165, 1.54) is 56.3 Å². The average Bonchev–Trinajstić information content (AvgIpc) is 3.70. The van der Waals surface area contributed by atoms with E-state index in [1.807, 2.05) is 11.4 Å². The van der Waals surface area contributed by atoms with Gasteiger partial charge in [0.1, 0.15) is 5.82 Å². The van der Waals surface area contributed by atoms with Crippen LogP contribution in [0.2, 0.25) is 5.82 Å². The maximum absolute atomic E-state index is 15.4. The van der Waals surface area contributed by atoms with Gasteiger partial charge in [-0.05, 0) is 25.0 Å². The molecule has 0 bridgehead atoms. The Morgan fingerprint density at radius 3 is 2.63 bits per heavy atom. The van der Waals surface area contributed by atoms with Crippen LogP contribution in [0.5, 0.6) is 0 Å². The second kappa shape index (κ2) is 11.4. The van der Waals surface area contributed by atoms with Crippen LogP contribution in [0, 0.1) is 5.82 Å². The summed E-state index contributed by atoms with van der Waals surface area (Å²) in [5.41, 5.74) is 3.13. The van der Waals surface area contributed by atoms with Crippen molar-refractivity contribution >= 4 is 46.0 Å². The quantitative estimate of drug-likeness (QED) is 0.327. The van der Waals surface area contributed by atoms with Crippen molar-refractivity contribution in [3.63, 3.8) is 0 Å². The number of aryl methyl sites for hydroxylation is 1. The molecule has 1 aliphatic heterocycles. The number of nitrogens with one attached hydrogen (secondary N) is 1. The van der Waals surface area contributed by atoms with Gasteiger partial charge in [0, 0.05) is 30.0 Å². The van der Waals surface area contributed by atoms with Gasteiger partial charge in [-0.1, -0.05) is 69.1 Å². The smallest absolute Gasteiger partial charge is 0.257 e. The van der Waals surface area contributed by atoms with E-state index in [0.717, 1.165) is 43.4 Å². The number of amides is 1. The number of hydrogen-bond acceptors (Lipinski definition) is 5. The Kier molecular flexibility index (Phi) is 7.58.